The van der Waals surface area contributed by atoms with Gasteiger partial charge in [0.15, 0.2) is 11.5 Å². The summed E-state index contributed by atoms with van der Waals surface area (Å²) >= 11 is 0. The van der Waals surface area contributed by atoms with Crippen LogP contribution >= 0.6 is 0 Å². The summed E-state index contributed by atoms with van der Waals surface area (Å²) in [6, 6.07) is 4.88. The second-order valence-corrected chi connectivity index (χ2v) is 7.31. The third-order valence-electron chi connectivity index (χ3n) is 5.23. The summed E-state index contributed by atoms with van der Waals surface area (Å²) in [4.78, 5) is 28.9. The maximum absolute atomic E-state index is 12.8. The molecule has 174 valence electrons. The standard InChI is InChI=1S/C21H30N6O5/c1-25-14-16(19(24-25)32-4)20(28)27-11-9-26(10-12-27)8-7-22-21(29)23-15-5-6-17(30-2)18(13-15)31-3/h5-6,13-14H,7-12H2,1-4H3,(H2,22,23,29). The maximum atomic E-state index is 12.8. The first-order chi connectivity index (χ1) is 15.4. The zero-order chi connectivity index (χ0) is 23.1. The number of nitrogens with zero attached hydrogens (tertiary/aromatic N) is 4. The molecule has 2 aromatic rings. The summed E-state index contributed by atoms with van der Waals surface area (Å²) in [7, 11) is 6.36. The maximum Gasteiger partial charge on any atom is 0.319 e. The van der Waals surface area contributed by atoms with Gasteiger partial charge in [-0.05, 0) is 12.1 Å². The van der Waals surface area contributed by atoms with Gasteiger partial charge in [-0.25, -0.2) is 4.79 Å². The predicted molar refractivity (Wildman–Crippen MR) is 119 cm³/mol. The van der Waals surface area contributed by atoms with Crippen molar-refractivity contribution in [3.8, 4) is 17.4 Å². The molecule has 3 amide bonds. The Bertz CT molecular complexity index is 939. The fourth-order valence-electron chi connectivity index (χ4n) is 3.53. The molecule has 1 aromatic carbocycles. The van der Waals surface area contributed by atoms with Crippen LogP contribution in [0.4, 0.5) is 10.5 Å². The number of benzene rings is 1. The highest BCUT2D eigenvalue weighted by Crippen LogP contribution is 2.29. The van der Waals surface area contributed by atoms with Crippen LogP contribution in [-0.2, 0) is 7.05 Å². The topological polar surface area (TPSA) is 110 Å². The number of hydrogen-bond donors (Lipinski definition) is 2. The molecule has 11 heteroatoms. The Balaban J connectivity index is 1.40. The van der Waals surface area contributed by atoms with Gasteiger partial charge in [-0.2, -0.15) is 0 Å². The first kappa shape index (κ1) is 23.2. The van der Waals surface area contributed by atoms with Crippen LogP contribution in [0, 0.1) is 0 Å². The highest BCUT2D eigenvalue weighted by molar-refractivity contribution is 5.96. The Morgan fingerprint density at radius 1 is 1.03 bits per heavy atom. The van der Waals surface area contributed by atoms with Gasteiger partial charge in [0, 0.05) is 64.3 Å². The number of rotatable bonds is 8. The number of anilines is 1. The largest absolute Gasteiger partial charge is 0.493 e. The predicted octanol–water partition coefficient (Wildman–Crippen LogP) is 1.03. The summed E-state index contributed by atoms with van der Waals surface area (Å²) < 4.78 is 17.2. The first-order valence-electron chi connectivity index (χ1n) is 10.3. The van der Waals surface area contributed by atoms with E-state index in [1.54, 1.807) is 55.2 Å². The lowest BCUT2D eigenvalue weighted by Gasteiger charge is -2.34. The molecule has 1 saturated heterocycles. The lowest BCUT2D eigenvalue weighted by atomic mass is 10.2. The minimum Gasteiger partial charge on any atom is -0.493 e. The molecule has 1 aliphatic heterocycles. The Kier molecular flexibility index (Phi) is 7.77. The van der Waals surface area contributed by atoms with Crippen LogP contribution in [0.2, 0.25) is 0 Å². The van der Waals surface area contributed by atoms with Gasteiger partial charge in [0.05, 0.1) is 21.3 Å². The van der Waals surface area contributed by atoms with Crippen LogP contribution in [0.15, 0.2) is 24.4 Å². The smallest absolute Gasteiger partial charge is 0.319 e. The summed E-state index contributed by atoms with van der Waals surface area (Å²) in [5.74, 6) is 1.39. The molecule has 0 saturated carbocycles. The number of hydrogen-bond acceptors (Lipinski definition) is 7. The minimum absolute atomic E-state index is 0.0815. The van der Waals surface area contributed by atoms with E-state index in [4.69, 9.17) is 14.2 Å². The normalized spacial score (nSPS) is 14.1. The van der Waals surface area contributed by atoms with Gasteiger partial charge in [-0.3, -0.25) is 14.4 Å². The Morgan fingerprint density at radius 3 is 2.41 bits per heavy atom. The van der Waals surface area contributed by atoms with E-state index in [1.807, 2.05) is 0 Å². The van der Waals surface area contributed by atoms with E-state index in [0.29, 0.717) is 54.8 Å². The fourth-order valence-corrected chi connectivity index (χ4v) is 3.53. The molecule has 0 unspecified atom stereocenters. The first-order valence-corrected chi connectivity index (χ1v) is 10.3. The summed E-state index contributed by atoms with van der Waals surface area (Å²) in [5.41, 5.74) is 1.08. The Hall–Kier alpha value is -3.47. The van der Waals surface area contributed by atoms with Crippen molar-refractivity contribution in [1.29, 1.82) is 0 Å². The van der Waals surface area contributed by atoms with Crippen molar-refractivity contribution in [2.24, 2.45) is 7.05 Å². The van der Waals surface area contributed by atoms with E-state index in [-0.39, 0.29) is 11.9 Å². The van der Waals surface area contributed by atoms with Gasteiger partial charge < -0.3 is 29.7 Å². The van der Waals surface area contributed by atoms with Crippen molar-refractivity contribution in [1.82, 2.24) is 24.9 Å². The Labute approximate surface area is 187 Å². The van der Waals surface area contributed by atoms with Gasteiger partial charge in [0.25, 0.3) is 5.91 Å². The summed E-state index contributed by atoms with van der Waals surface area (Å²) in [5, 5.41) is 9.77. The molecule has 0 aliphatic carbocycles. The minimum atomic E-state index is -0.297. The second-order valence-electron chi connectivity index (χ2n) is 7.31. The van der Waals surface area contributed by atoms with Gasteiger partial charge in [0.2, 0.25) is 5.88 Å². The average molecular weight is 447 g/mol. The van der Waals surface area contributed by atoms with Crippen molar-refractivity contribution in [3.63, 3.8) is 0 Å². The van der Waals surface area contributed by atoms with E-state index in [1.165, 1.54) is 7.11 Å². The molecule has 11 nitrogen and oxygen atoms in total. The third kappa shape index (κ3) is 5.61. The van der Waals surface area contributed by atoms with E-state index in [0.717, 1.165) is 13.1 Å². The third-order valence-corrected chi connectivity index (χ3v) is 5.23. The lowest BCUT2D eigenvalue weighted by Crippen LogP contribution is -2.50. The zero-order valence-electron chi connectivity index (χ0n) is 18.9. The monoisotopic (exact) mass is 446 g/mol. The molecule has 1 aromatic heterocycles. The van der Waals surface area contributed by atoms with E-state index in [9.17, 15) is 9.59 Å². The molecule has 0 atom stereocenters. The number of ether oxygens (including phenoxy) is 3. The molecule has 0 spiro atoms. The van der Waals surface area contributed by atoms with Gasteiger partial charge in [-0.1, -0.05) is 0 Å². The van der Waals surface area contributed by atoms with Crippen LogP contribution in [-0.4, -0.2) is 92.1 Å². The molecule has 2 heterocycles. The quantitative estimate of drug-likeness (QED) is 0.623. The van der Waals surface area contributed by atoms with Crippen molar-refractivity contribution in [2.75, 3.05) is 65.9 Å². The number of piperazine rings is 1. The van der Waals surface area contributed by atoms with Crippen LogP contribution in [0.3, 0.4) is 0 Å². The molecular formula is C21H30N6O5. The second kappa shape index (κ2) is 10.7. The van der Waals surface area contributed by atoms with E-state index < -0.39 is 0 Å². The summed E-state index contributed by atoms with van der Waals surface area (Å²) in [6.45, 7) is 3.85. The molecule has 1 fully saturated rings. The SMILES string of the molecule is COc1ccc(NC(=O)NCCN2CCN(C(=O)c3cn(C)nc3OC)CC2)cc1OC. The van der Waals surface area contributed by atoms with Gasteiger partial charge in [-0.15, -0.1) is 5.10 Å². The fraction of sp³-hybridized carbons (Fsp3) is 0.476. The van der Waals surface area contributed by atoms with Crippen LogP contribution < -0.4 is 24.8 Å². The van der Waals surface area contributed by atoms with Crippen molar-refractivity contribution in [2.45, 2.75) is 0 Å². The molecule has 1 aliphatic rings. The molecular weight excluding hydrogens is 416 g/mol. The van der Waals surface area contributed by atoms with Crippen LogP contribution in [0.5, 0.6) is 17.4 Å². The molecule has 0 radical (unpaired) electrons. The molecule has 0 bridgehead atoms. The highest BCUT2D eigenvalue weighted by Gasteiger charge is 2.26. The van der Waals surface area contributed by atoms with E-state index >= 15 is 0 Å². The molecule has 3 rings (SSSR count). The number of aromatic nitrogens is 2. The number of urea groups is 1. The number of nitrogens with one attached hydrogen (secondary N) is 2. The number of methoxy groups -OCH3 is 3. The number of aryl methyl sites for hydroxylation is 1. The van der Waals surface area contributed by atoms with Crippen molar-refractivity contribution in [3.05, 3.63) is 30.0 Å². The zero-order valence-corrected chi connectivity index (χ0v) is 18.9. The van der Waals surface area contributed by atoms with Gasteiger partial charge in [0.1, 0.15) is 5.56 Å². The highest BCUT2D eigenvalue weighted by atomic mass is 16.5. The lowest BCUT2D eigenvalue weighted by molar-refractivity contribution is 0.0636. The average Bonchev–Trinajstić information content (AvgIpc) is 3.19. The van der Waals surface area contributed by atoms with Gasteiger partial charge >= 0.3 is 6.03 Å². The van der Waals surface area contributed by atoms with E-state index in [2.05, 4.69) is 20.6 Å². The van der Waals surface area contributed by atoms with Crippen LogP contribution in [0.25, 0.3) is 0 Å². The summed E-state index contributed by atoms with van der Waals surface area (Å²) in [6.07, 6.45) is 1.68. The molecule has 2 N–H and O–H groups in total. The number of carbonyl (C=O) groups is 2. The molecule has 32 heavy (non-hydrogen) atoms. The Morgan fingerprint density at radius 2 is 1.75 bits per heavy atom. The number of carbonyl (C=O) groups excluding carboxylic acids is 2. The number of amides is 3. The van der Waals surface area contributed by atoms with Crippen molar-refractivity contribution < 1.29 is 23.8 Å². The van der Waals surface area contributed by atoms with Crippen LogP contribution in [0.1, 0.15) is 10.4 Å². The van der Waals surface area contributed by atoms with Crippen molar-refractivity contribution >= 4 is 17.6 Å².